The van der Waals surface area contributed by atoms with Crippen LogP contribution in [0.4, 0.5) is 4.39 Å². The molecule has 4 nitrogen and oxygen atoms in total. The fourth-order valence-corrected chi connectivity index (χ4v) is 2.36. The van der Waals surface area contributed by atoms with Gasteiger partial charge in [-0.2, -0.15) is 5.10 Å². The number of hydrogen-bond acceptors (Lipinski definition) is 3. The summed E-state index contributed by atoms with van der Waals surface area (Å²) in [6.45, 7) is 1.85. The molecule has 2 N–H and O–H groups in total. The van der Waals surface area contributed by atoms with E-state index in [1.807, 2.05) is 7.05 Å². The molecule has 1 aromatic heterocycles. The van der Waals surface area contributed by atoms with Gasteiger partial charge in [-0.15, -0.1) is 0 Å². The molecule has 96 valence electrons. The van der Waals surface area contributed by atoms with Crippen molar-refractivity contribution in [2.75, 3.05) is 19.8 Å². The van der Waals surface area contributed by atoms with Crippen molar-refractivity contribution in [3.8, 4) is 0 Å². The molecular weight excluding hydrogens is 221 g/mol. The molecule has 17 heavy (non-hydrogen) atoms. The molecule has 1 unspecified atom stereocenters. The van der Waals surface area contributed by atoms with Crippen LogP contribution < -0.4 is 5.73 Å². The summed E-state index contributed by atoms with van der Waals surface area (Å²) in [5.41, 5.74) is 7.03. The van der Waals surface area contributed by atoms with Gasteiger partial charge in [-0.3, -0.25) is 4.68 Å². The van der Waals surface area contributed by atoms with Crippen molar-refractivity contribution in [2.45, 2.75) is 31.4 Å². The summed E-state index contributed by atoms with van der Waals surface area (Å²) in [4.78, 5) is 0. The molecule has 0 aliphatic carbocycles. The second kappa shape index (κ2) is 5.60. The Balaban J connectivity index is 2.19. The van der Waals surface area contributed by atoms with Gasteiger partial charge < -0.3 is 10.5 Å². The monoisotopic (exact) mass is 241 g/mol. The molecule has 0 saturated carbocycles. The van der Waals surface area contributed by atoms with E-state index in [2.05, 4.69) is 5.10 Å². The van der Waals surface area contributed by atoms with Gasteiger partial charge in [0, 0.05) is 37.9 Å². The van der Waals surface area contributed by atoms with E-state index in [4.69, 9.17) is 10.5 Å². The molecular formula is C12H20FN3O. The van der Waals surface area contributed by atoms with Crippen molar-refractivity contribution in [2.24, 2.45) is 12.8 Å². The molecule has 1 aromatic rings. The molecule has 1 fully saturated rings. The van der Waals surface area contributed by atoms with Gasteiger partial charge in [0.05, 0.1) is 5.69 Å². The van der Waals surface area contributed by atoms with Crippen LogP contribution in [0.5, 0.6) is 0 Å². The van der Waals surface area contributed by atoms with Gasteiger partial charge in [-0.25, -0.2) is 4.39 Å². The lowest BCUT2D eigenvalue weighted by atomic mass is 9.92. The highest BCUT2D eigenvalue weighted by Gasteiger charge is 2.25. The van der Waals surface area contributed by atoms with Crippen molar-refractivity contribution < 1.29 is 9.13 Å². The summed E-state index contributed by atoms with van der Waals surface area (Å²) in [6, 6.07) is 0. The standard InChI is InChI=1S/C12H20FN3O/c1-16-8-10(11(13)2-5-14)12(15-16)9-3-6-17-7-4-9/h8-9,11H,2-7,14H2,1H3. The highest BCUT2D eigenvalue weighted by atomic mass is 19.1. The molecule has 1 aliphatic heterocycles. The van der Waals surface area contributed by atoms with E-state index < -0.39 is 6.17 Å². The number of nitrogens with zero attached hydrogens (tertiary/aromatic N) is 2. The maximum atomic E-state index is 14.0. The average molecular weight is 241 g/mol. The zero-order valence-corrected chi connectivity index (χ0v) is 10.2. The van der Waals surface area contributed by atoms with E-state index in [1.165, 1.54) is 0 Å². The Bertz CT molecular complexity index is 361. The smallest absolute Gasteiger partial charge is 0.130 e. The normalized spacial score (nSPS) is 19.5. The van der Waals surface area contributed by atoms with Crippen LogP contribution in [-0.4, -0.2) is 29.5 Å². The SMILES string of the molecule is Cn1cc(C(F)CCN)c(C2CCOCC2)n1. The first-order valence-corrected chi connectivity index (χ1v) is 6.17. The van der Waals surface area contributed by atoms with E-state index >= 15 is 0 Å². The maximum Gasteiger partial charge on any atom is 0.130 e. The Morgan fingerprint density at radius 2 is 2.29 bits per heavy atom. The van der Waals surface area contributed by atoms with E-state index in [1.54, 1.807) is 10.9 Å². The van der Waals surface area contributed by atoms with Gasteiger partial charge in [0.2, 0.25) is 0 Å². The summed E-state index contributed by atoms with van der Waals surface area (Å²) in [5.74, 6) is 0.330. The third-order valence-electron chi connectivity index (χ3n) is 3.25. The van der Waals surface area contributed by atoms with Gasteiger partial charge in [0.15, 0.2) is 0 Å². The van der Waals surface area contributed by atoms with E-state index in [0.29, 0.717) is 24.4 Å². The Kier molecular flexibility index (Phi) is 4.12. The predicted octanol–water partition coefficient (Wildman–Crippen LogP) is 1.67. The second-order valence-corrected chi connectivity index (χ2v) is 4.57. The third kappa shape index (κ3) is 2.84. The van der Waals surface area contributed by atoms with Crippen LogP contribution in [-0.2, 0) is 11.8 Å². The van der Waals surface area contributed by atoms with E-state index in [0.717, 1.165) is 31.7 Å². The lowest BCUT2D eigenvalue weighted by Crippen LogP contribution is -2.16. The largest absolute Gasteiger partial charge is 0.381 e. The van der Waals surface area contributed by atoms with Crippen molar-refractivity contribution in [1.29, 1.82) is 0 Å². The highest BCUT2D eigenvalue weighted by molar-refractivity contribution is 5.24. The molecule has 1 aliphatic rings. The van der Waals surface area contributed by atoms with Crippen molar-refractivity contribution >= 4 is 0 Å². The number of nitrogens with two attached hydrogens (primary N) is 1. The van der Waals surface area contributed by atoms with Crippen LogP contribution in [0.1, 0.15) is 42.6 Å². The van der Waals surface area contributed by atoms with Crippen LogP contribution in [0.25, 0.3) is 0 Å². The second-order valence-electron chi connectivity index (χ2n) is 4.57. The van der Waals surface area contributed by atoms with E-state index in [-0.39, 0.29) is 0 Å². The summed E-state index contributed by atoms with van der Waals surface area (Å²) < 4.78 is 21.0. The molecule has 2 heterocycles. The number of ether oxygens (including phenoxy) is 1. The van der Waals surface area contributed by atoms with Crippen LogP contribution in [0.2, 0.25) is 0 Å². The molecule has 0 bridgehead atoms. The van der Waals surface area contributed by atoms with Crippen LogP contribution in [0.3, 0.4) is 0 Å². The van der Waals surface area contributed by atoms with Crippen molar-refractivity contribution in [3.05, 3.63) is 17.5 Å². The van der Waals surface area contributed by atoms with Crippen LogP contribution in [0.15, 0.2) is 6.20 Å². The lowest BCUT2D eigenvalue weighted by molar-refractivity contribution is 0.0839. The maximum absolute atomic E-state index is 14.0. The molecule has 2 rings (SSSR count). The van der Waals surface area contributed by atoms with Gasteiger partial charge in [-0.05, 0) is 25.8 Å². The minimum Gasteiger partial charge on any atom is -0.381 e. The fraction of sp³-hybridized carbons (Fsp3) is 0.750. The minimum atomic E-state index is -0.994. The summed E-state index contributed by atoms with van der Waals surface area (Å²) in [5, 5.41) is 4.42. The molecule has 5 heteroatoms. The first kappa shape index (κ1) is 12.5. The molecule has 1 atom stereocenters. The zero-order valence-electron chi connectivity index (χ0n) is 10.2. The molecule has 1 saturated heterocycles. The van der Waals surface area contributed by atoms with Crippen molar-refractivity contribution in [3.63, 3.8) is 0 Å². The quantitative estimate of drug-likeness (QED) is 0.872. The fourth-order valence-electron chi connectivity index (χ4n) is 2.36. The number of hydrogen-bond donors (Lipinski definition) is 1. The topological polar surface area (TPSA) is 53.1 Å². The van der Waals surface area contributed by atoms with E-state index in [9.17, 15) is 4.39 Å². The first-order valence-electron chi connectivity index (χ1n) is 6.17. The summed E-state index contributed by atoms with van der Waals surface area (Å²) in [6.07, 6.45) is 3.01. The van der Waals surface area contributed by atoms with Gasteiger partial charge >= 0.3 is 0 Å². The Hall–Kier alpha value is -0.940. The zero-order chi connectivity index (χ0) is 12.3. The molecule has 0 spiro atoms. The number of halogens is 1. The lowest BCUT2D eigenvalue weighted by Gasteiger charge is -2.22. The Morgan fingerprint density at radius 1 is 1.59 bits per heavy atom. The number of alkyl halides is 1. The molecule has 0 radical (unpaired) electrons. The van der Waals surface area contributed by atoms with Gasteiger partial charge in [0.1, 0.15) is 6.17 Å². The molecule has 0 aromatic carbocycles. The highest BCUT2D eigenvalue weighted by Crippen LogP contribution is 2.33. The van der Waals surface area contributed by atoms with Gasteiger partial charge in [0.25, 0.3) is 0 Å². The minimum absolute atomic E-state index is 0.330. The Labute approximate surface area is 101 Å². The summed E-state index contributed by atoms with van der Waals surface area (Å²) in [7, 11) is 1.83. The number of aromatic nitrogens is 2. The van der Waals surface area contributed by atoms with Crippen molar-refractivity contribution in [1.82, 2.24) is 9.78 Å². The van der Waals surface area contributed by atoms with Gasteiger partial charge in [-0.1, -0.05) is 0 Å². The Morgan fingerprint density at radius 3 is 2.94 bits per heavy atom. The summed E-state index contributed by atoms with van der Waals surface area (Å²) >= 11 is 0. The first-order chi connectivity index (χ1) is 8.22. The third-order valence-corrected chi connectivity index (χ3v) is 3.25. The number of rotatable bonds is 4. The molecule has 0 amide bonds. The predicted molar refractivity (Wildman–Crippen MR) is 63.5 cm³/mol. The van der Waals surface area contributed by atoms with Crippen LogP contribution in [0, 0.1) is 0 Å². The van der Waals surface area contributed by atoms with Crippen LogP contribution >= 0.6 is 0 Å². The average Bonchev–Trinajstić information content (AvgIpc) is 2.73. The number of aryl methyl sites for hydroxylation is 1.